The highest BCUT2D eigenvalue weighted by atomic mass is 35.5. The molecule has 238 valence electrons. The Labute approximate surface area is 279 Å². The molecule has 3 aromatic carbocycles. The van der Waals surface area contributed by atoms with Crippen molar-refractivity contribution in [1.29, 1.82) is 0 Å². The first-order valence-electron chi connectivity index (χ1n) is 14.7. The van der Waals surface area contributed by atoms with Gasteiger partial charge in [0.1, 0.15) is 17.3 Å². The molecule has 0 saturated heterocycles. The van der Waals surface area contributed by atoms with Gasteiger partial charge in [0.15, 0.2) is 6.61 Å². The average Bonchev–Trinajstić information content (AvgIpc) is 3.34. The van der Waals surface area contributed by atoms with E-state index in [0.29, 0.717) is 10.8 Å². The van der Waals surface area contributed by atoms with Crippen LogP contribution < -0.4 is 20.4 Å². The van der Waals surface area contributed by atoms with Crippen molar-refractivity contribution in [1.82, 2.24) is 5.32 Å². The molecule has 11 heteroatoms. The number of halogens is 3. The third kappa shape index (κ3) is 7.80. The van der Waals surface area contributed by atoms with E-state index in [2.05, 4.69) is 69.4 Å². The summed E-state index contributed by atoms with van der Waals surface area (Å²) >= 11 is 18.5. The second-order valence-electron chi connectivity index (χ2n) is 12.2. The van der Waals surface area contributed by atoms with Gasteiger partial charge in [-0.15, -0.1) is 0 Å². The molecule has 0 radical (unpaired) electrons. The Morgan fingerprint density at radius 3 is 2.20 bits per heavy atom. The Morgan fingerprint density at radius 1 is 0.911 bits per heavy atom. The molecule has 0 fully saturated rings. The fourth-order valence-corrected chi connectivity index (χ4v) is 5.71. The van der Waals surface area contributed by atoms with Crippen LogP contribution in [0.3, 0.4) is 0 Å². The van der Waals surface area contributed by atoms with E-state index in [1.54, 1.807) is 24.3 Å². The molecule has 8 nitrogen and oxygen atoms in total. The summed E-state index contributed by atoms with van der Waals surface area (Å²) < 4.78 is 6.06. The number of rotatable bonds is 10. The van der Waals surface area contributed by atoms with Crippen LogP contribution in [-0.4, -0.2) is 30.2 Å². The highest BCUT2D eigenvalue weighted by molar-refractivity contribution is 6.42. The molecule has 2 N–H and O–H groups in total. The predicted octanol–water partition coefficient (Wildman–Crippen LogP) is 8.52. The van der Waals surface area contributed by atoms with E-state index >= 15 is 0 Å². The Balaban J connectivity index is 1.48. The summed E-state index contributed by atoms with van der Waals surface area (Å²) in [4.78, 5) is 39.0. The van der Waals surface area contributed by atoms with E-state index in [-0.39, 0.29) is 56.7 Å². The normalized spacial score (nSPS) is 13.5. The van der Waals surface area contributed by atoms with E-state index in [1.165, 1.54) is 17.7 Å². The highest BCUT2D eigenvalue weighted by Crippen LogP contribution is 2.39. The number of nitrogens with one attached hydrogen (secondary N) is 2. The summed E-state index contributed by atoms with van der Waals surface area (Å²) in [6.07, 6.45) is 1.69. The highest BCUT2D eigenvalue weighted by Gasteiger charge is 2.31. The van der Waals surface area contributed by atoms with Crippen LogP contribution in [0.25, 0.3) is 0 Å². The second kappa shape index (κ2) is 13.8. The molecule has 0 bridgehead atoms. The lowest BCUT2D eigenvalue weighted by atomic mass is 9.76. The minimum atomic E-state index is -0.561. The average molecular weight is 672 g/mol. The van der Waals surface area contributed by atoms with Crippen LogP contribution in [0.15, 0.2) is 59.7 Å². The van der Waals surface area contributed by atoms with Gasteiger partial charge < -0.3 is 15.4 Å². The number of nitrogens with zero attached hydrogens (tertiary/aromatic N) is 2. The van der Waals surface area contributed by atoms with E-state index in [1.807, 2.05) is 6.07 Å². The van der Waals surface area contributed by atoms with Gasteiger partial charge in [-0.1, -0.05) is 101 Å². The maximum absolute atomic E-state index is 13.3. The number of ether oxygens (including phenoxy) is 1. The molecule has 0 aromatic heterocycles. The summed E-state index contributed by atoms with van der Waals surface area (Å²) in [6, 6.07) is 15.6. The number of carbonyl (C=O) groups excluding carboxylic acids is 3. The van der Waals surface area contributed by atoms with Crippen LogP contribution in [0.5, 0.6) is 5.75 Å². The maximum Gasteiger partial charge on any atom is 0.262 e. The molecule has 1 heterocycles. The van der Waals surface area contributed by atoms with Gasteiger partial charge in [-0.2, -0.15) is 10.1 Å². The van der Waals surface area contributed by atoms with Crippen LogP contribution in [-0.2, 0) is 20.4 Å². The van der Waals surface area contributed by atoms with Crippen molar-refractivity contribution >= 4 is 69.7 Å². The van der Waals surface area contributed by atoms with Crippen LogP contribution >= 0.6 is 34.8 Å². The van der Waals surface area contributed by atoms with Crippen molar-refractivity contribution in [3.63, 3.8) is 0 Å². The van der Waals surface area contributed by atoms with E-state index in [0.717, 1.165) is 23.4 Å². The number of benzene rings is 3. The molecule has 3 aromatic rings. The van der Waals surface area contributed by atoms with Crippen molar-refractivity contribution in [3.05, 3.63) is 86.4 Å². The van der Waals surface area contributed by atoms with Gasteiger partial charge in [-0.3, -0.25) is 14.4 Å². The van der Waals surface area contributed by atoms with Gasteiger partial charge >= 0.3 is 0 Å². The summed E-state index contributed by atoms with van der Waals surface area (Å²) in [7, 11) is 0. The van der Waals surface area contributed by atoms with Gasteiger partial charge in [-0.25, -0.2) is 0 Å². The third-order valence-electron chi connectivity index (χ3n) is 8.29. The summed E-state index contributed by atoms with van der Waals surface area (Å²) in [6.45, 7) is 12.8. The number of hydrogen-bond donors (Lipinski definition) is 2. The fraction of sp³-hybridized carbons (Fsp3) is 0.353. The number of amidine groups is 1. The van der Waals surface area contributed by atoms with Crippen molar-refractivity contribution in [2.24, 2.45) is 5.10 Å². The summed E-state index contributed by atoms with van der Waals surface area (Å²) in [5.74, 6) is -0.688. The van der Waals surface area contributed by atoms with Crippen molar-refractivity contribution < 1.29 is 19.1 Å². The molecule has 0 spiro atoms. The SMILES string of the molecule is CCC(C)(C)c1ccc(OCC(=O)Nc2ccccc2C(=O)NC2=NN(c3c(Cl)cc(Cl)cc3Cl)C(=O)C2)c(C(C)(C)CC)c1. The molecule has 1 aliphatic heterocycles. The fourth-order valence-electron chi connectivity index (χ4n) is 4.73. The minimum absolute atomic E-state index is 0.00431. The first kappa shape index (κ1) is 34.3. The first-order chi connectivity index (χ1) is 21.2. The van der Waals surface area contributed by atoms with Gasteiger partial charge in [0.25, 0.3) is 17.7 Å². The lowest BCUT2D eigenvalue weighted by Crippen LogP contribution is -2.31. The molecule has 4 rings (SSSR count). The van der Waals surface area contributed by atoms with Crippen molar-refractivity contribution in [2.45, 2.75) is 71.6 Å². The smallest absolute Gasteiger partial charge is 0.262 e. The lowest BCUT2D eigenvalue weighted by Gasteiger charge is -2.30. The Hall–Kier alpha value is -3.59. The molecular weight excluding hydrogens is 635 g/mol. The zero-order chi connectivity index (χ0) is 33.1. The number of hydrazone groups is 1. The topological polar surface area (TPSA) is 100 Å². The minimum Gasteiger partial charge on any atom is -0.483 e. The molecule has 1 aliphatic rings. The van der Waals surface area contributed by atoms with Crippen LogP contribution in [0, 0.1) is 0 Å². The lowest BCUT2D eigenvalue weighted by molar-refractivity contribution is -0.118. The third-order valence-corrected chi connectivity index (χ3v) is 9.08. The van der Waals surface area contributed by atoms with Crippen molar-refractivity contribution in [3.8, 4) is 5.75 Å². The van der Waals surface area contributed by atoms with Crippen LogP contribution in [0.2, 0.25) is 15.1 Å². The standard InChI is InChI=1S/C34H37Cl3N4O4/c1-7-33(3,4)20-13-14-27(23(15-20)34(5,6)8-2)45-19-29(42)38-26-12-10-9-11-22(26)32(44)39-28-18-30(43)41(40-28)31-24(36)16-21(35)17-25(31)37/h9-17H,7-8,18-19H2,1-6H3,(H,38,42)(H,39,40,44). The van der Waals surface area contributed by atoms with Crippen LogP contribution in [0.1, 0.15) is 82.3 Å². The van der Waals surface area contributed by atoms with Crippen LogP contribution in [0.4, 0.5) is 11.4 Å². The Kier molecular flexibility index (Phi) is 10.5. The summed E-state index contributed by atoms with van der Waals surface area (Å²) in [5, 5.41) is 11.3. The van der Waals surface area contributed by atoms with Gasteiger partial charge in [-0.05, 0) is 59.6 Å². The number of hydrogen-bond acceptors (Lipinski definition) is 5. The molecule has 0 aliphatic carbocycles. The van der Waals surface area contributed by atoms with Gasteiger partial charge in [0, 0.05) is 10.6 Å². The second-order valence-corrected chi connectivity index (χ2v) is 13.4. The van der Waals surface area contributed by atoms with Crippen molar-refractivity contribution in [2.75, 3.05) is 16.9 Å². The molecule has 0 atom stereocenters. The van der Waals surface area contributed by atoms with E-state index in [4.69, 9.17) is 39.5 Å². The number of amides is 3. The monoisotopic (exact) mass is 670 g/mol. The van der Waals surface area contributed by atoms with Gasteiger partial charge in [0.2, 0.25) is 0 Å². The largest absolute Gasteiger partial charge is 0.483 e. The number of carbonyl (C=O) groups is 3. The molecule has 0 saturated carbocycles. The molecular formula is C34H37Cl3N4O4. The Morgan fingerprint density at radius 2 is 1.56 bits per heavy atom. The number of para-hydroxylation sites is 1. The first-order valence-corrected chi connectivity index (χ1v) is 15.8. The number of anilines is 2. The quantitative estimate of drug-likeness (QED) is 0.226. The summed E-state index contributed by atoms with van der Waals surface area (Å²) in [5.41, 5.74) is 2.72. The molecule has 0 unspecified atom stereocenters. The maximum atomic E-state index is 13.3. The molecule has 45 heavy (non-hydrogen) atoms. The Bertz CT molecular complexity index is 1650. The van der Waals surface area contributed by atoms with E-state index < -0.39 is 17.7 Å². The van der Waals surface area contributed by atoms with Gasteiger partial charge in [0.05, 0.1) is 27.7 Å². The zero-order valence-corrected chi connectivity index (χ0v) is 28.5. The van der Waals surface area contributed by atoms with E-state index in [9.17, 15) is 14.4 Å². The predicted molar refractivity (Wildman–Crippen MR) is 182 cm³/mol. The molecule has 3 amide bonds. The zero-order valence-electron chi connectivity index (χ0n) is 26.2.